The summed E-state index contributed by atoms with van der Waals surface area (Å²) in [4.78, 5) is 0. The molecule has 0 atom stereocenters. The van der Waals surface area contributed by atoms with Gasteiger partial charge in [-0.3, -0.25) is 0 Å². The molecule has 0 N–H and O–H groups in total. The molecule has 0 unspecified atom stereocenters. The Hall–Kier alpha value is 2.51. The molecule has 0 fully saturated rings. The van der Waals surface area contributed by atoms with E-state index >= 15 is 0 Å². The minimum atomic E-state index is 0. The SMILES string of the molecule is [PbH2].[S]=[Ag].[Zn]. The summed E-state index contributed by atoms with van der Waals surface area (Å²) in [5.41, 5.74) is 0. The molecule has 0 aromatic heterocycles. The Bertz CT molecular complexity index is 8.00. The topological polar surface area (TPSA) is 0 Å². The van der Waals surface area contributed by atoms with Crippen molar-refractivity contribution >= 4 is 36.9 Å². The van der Waals surface area contributed by atoms with Crippen LogP contribution in [-0.4, -0.2) is 27.3 Å². The molecule has 25 valence electrons. The van der Waals surface area contributed by atoms with E-state index in [0.29, 0.717) is 0 Å². The fourth-order valence-electron chi connectivity index (χ4n) is 0. The maximum absolute atomic E-state index is 3.89. The van der Waals surface area contributed by atoms with E-state index < -0.39 is 0 Å². The van der Waals surface area contributed by atoms with Crippen LogP contribution in [0.4, 0.5) is 0 Å². The maximum Gasteiger partial charge on any atom is 0 e. The molecule has 0 saturated heterocycles. The smallest absolute Gasteiger partial charge is 0 e. The summed E-state index contributed by atoms with van der Waals surface area (Å²) >= 11 is 2.53. The van der Waals surface area contributed by atoms with Crippen LogP contribution in [0.1, 0.15) is 0 Å². The molecule has 0 heterocycles. The third kappa shape index (κ3) is 8.82. The molecule has 0 aliphatic heterocycles. The van der Waals surface area contributed by atoms with Gasteiger partial charge in [0.05, 0.1) is 0 Å². The van der Waals surface area contributed by atoms with Crippen LogP contribution in [0.2, 0.25) is 0 Å². The Morgan fingerprint density at radius 1 is 1.25 bits per heavy atom. The van der Waals surface area contributed by atoms with Gasteiger partial charge < -0.3 is 0 Å². The Labute approximate surface area is 74.3 Å². The quantitative estimate of drug-likeness (QED) is 0.492. The molecule has 0 amide bonds. The van der Waals surface area contributed by atoms with Crippen LogP contribution in [0.5, 0.6) is 0 Å². The van der Waals surface area contributed by atoms with Crippen molar-refractivity contribution in [2.75, 3.05) is 0 Å². The van der Waals surface area contributed by atoms with Crippen LogP contribution in [0.15, 0.2) is 0 Å². The van der Waals surface area contributed by atoms with Crippen molar-refractivity contribution in [3.05, 3.63) is 0 Å². The normalized spacial score (nSPS) is 1.50. The Morgan fingerprint density at radius 3 is 1.25 bits per heavy atom. The predicted octanol–water partition coefficient (Wildman–Crippen LogP) is -0.273. The van der Waals surface area contributed by atoms with Gasteiger partial charge in [0.15, 0.2) is 0 Å². The molecule has 4 heavy (non-hydrogen) atoms. The first-order valence-corrected chi connectivity index (χ1v) is 2.18. The summed E-state index contributed by atoms with van der Waals surface area (Å²) in [6.45, 7) is 0. The van der Waals surface area contributed by atoms with Gasteiger partial charge in [0.1, 0.15) is 0 Å². The van der Waals surface area contributed by atoms with Crippen LogP contribution >= 0.6 is 9.58 Å². The third-order valence-electron chi connectivity index (χ3n) is 0. The molecule has 4 heteroatoms. The average molecular weight is 415 g/mol. The van der Waals surface area contributed by atoms with Crippen LogP contribution in [-0.2, 0) is 38.7 Å². The molecule has 0 aromatic rings. The zero-order chi connectivity index (χ0) is 2.00. The summed E-state index contributed by atoms with van der Waals surface area (Å²) in [5, 5.41) is 0. The summed E-state index contributed by atoms with van der Waals surface area (Å²) in [6.07, 6.45) is 0. The van der Waals surface area contributed by atoms with Gasteiger partial charge in [0.25, 0.3) is 0 Å². The summed E-state index contributed by atoms with van der Waals surface area (Å²) in [5.74, 6) is 0. The van der Waals surface area contributed by atoms with E-state index in [0.717, 1.165) is 0 Å². The van der Waals surface area contributed by atoms with Gasteiger partial charge >= 0.3 is 56.1 Å². The monoisotopic (exact) mass is 413 g/mol. The first-order valence-electron chi connectivity index (χ1n) is 0.123. The minimum absolute atomic E-state index is 0. The molecule has 0 nitrogen and oxygen atoms in total. The third-order valence-corrected chi connectivity index (χ3v) is 0. The maximum atomic E-state index is 3.89. The van der Waals surface area contributed by atoms with Crippen molar-refractivity contribution in [2.24, 2.45) is 0 Å². The molecule has 0 aliphatic rings. The molecular weight excluding hydrogens is 413 g/mol. The van der Waals surface area contributed by atoms with Crippen molar-refractivity contribution in [3.63, 3.8) is 0 Å². The number of hydrogen-bond acceptors (Lipinski definition) is 1. The van der Waals surface area contributed by atoms with E-state index in [9.17, 15) is 0 Å². The summed E-state index contributed by atoms with van der Waals surface area (Å²) < 4.78 is 0. The van der Waals surface area contributed by atoms with E-state index in [1.165, 1.54) is 0 Å². The fraction of sp³-hybridized carbons (Fsp3) is 0. The van der Waals surface area contributed by atoms with Gasteiger partial charge in [-0.1, -0.05) is 0 Å². The van der Waals surface area contributed by atoms with Crippen LogP contribution in [0.25, 0.3) is 0 Å². The van der Waals surface area contributed by atoms with Crippen molar-refractivity contribution in [1.29, 1.82) is 0 Å². The zero-order valence-electron chi connectivity index (χ0n) is 2.12. The van der Waals surface area contributed by atoms with E-state index in [2.05, 4.69) is 28.8 Å². The largest absolute Gasteiger partial charge is 0 e. The van der Waals surface area contributed by atoms with Crippen LogP contribution < -0.4 is 0 Å². The number of hydrogen-bond donors (Lipinski definition) is 0. The second-order valence-corrected chi connectivity index (χ2v) is 0. The molecule has 0 spiro atoms. The molecular formula is H2AgPbSZn. The second-order valence-electron chi connectivity index (χ2n) is 0. The van der Waals surface area contributed by atoms with Crippen molar-refractivity contribution < 1.29 is 38.7 Å². The molecule has 0 aliphatic carbocycles. The van der Waals surface area contributed by atoms with Gasteiger partial charge in [-0.2, -0.15) is 0 Å². The van der Waals surface area contributed by atoms with E-state index in [4.69, 9.17) is 0 Å². The Kier molecular flexibility index (Phi) is 71.4. The van der Waals surface area contributed by atoms with Gasteiger partial charge in [0, 0.05) is 19.5 Å². The van der Waals surface area contributed by atoms with Crippen molar-refractivity contribution in [1.82, 2.24) is 0 Å². The Balaban J connectivity index is -0.00000000500. The molecule has 0 rings (SSSR count). The van der Waals surface area contributed by atoms with Gasteiger partial charge in [0.2, 0.25) is 0 Å². The van der Waals surface area contributed by atoms with E-state index in [-0.39, 0.29) is 46.8 Å². The van der Waals surface area contributed by atoms with Gasteiger partial charge in [-0.15, -0.1) is 0 Å². The summed E-state index contributed by atoms with van der Waals surface area (Å²) in [7, 11) is 3.89. The Morgan fingerprint density at radius 2 is 1.25 bits per heavy atom. The minimum Gasteiger partial charge on any atom is 0 e. The van der Waals surface area contributed by atoms with Gasteiger partial charge in [-0.05, 0) is 0 Å². The van der Waals surface area contributed by atoms with E-state index in [1.54, 1.807) is 0 Å². The molecule has 2 radical (unpaired) electrons. The molecule has 0 aromatic carbocycles. The number of rotatable bonds is 0. The van der Waals surface area contributed by atoms with Crippen molar-refractivity contribution in [3.8, 4) is 0 Å². The van der Waals surface area contributed by atoms with E-state index in [1.807, 2.05) is 0 Å². The van der Waals surface area contributed by atoms with Crippen molar-refractivity contribution in [2.45, 2.75) is 0 Å². The zero-order valence-corrected chi connectivity index (χ0v) is 12.9. The fourth-order valence-corrected chi connectivity index (χ4v) is 0. The standard InChI is InChI=1S/Ag.Pb.S.Zn.2H. The predicted molar refractivity (Wildman–Crippen MR) is 16.1 cm³/mol. The second kappa shape index (κ2) is 17.8. The molecule has 0 saturated carbocycles. The first-order chi connectivity index (χ1) is 1.00. The van der Waals surface area contributed by atoms with Gasteiger partial charge in [-0.25, -0.2) is 0 Å². The molecule has 0 bridgehead atoms. The van der Waals surface area contributed by atoms with Crippen LogP contribution in [0, 0.1) is 0 Å². The summed E-state index contributed by atoms with van der Waals surface area (Å²) in [6, 6.07) is 0. The first kappa shape index (κ1) is 16.0. The van der Waals surface area contributed by atoms with Crippen LogP contribution in [0.3, 0.4) is 0 Å². The average Bonchev–Trinajstić information content (AvgIpc) is 1.00.